The van der Waals surface area contributed by atoms with Crippen molar-refractivity contribution in [3.05, 3.63) is 0 Å². The Kier molecular flexibility index (Phi) is 6.04. The molecule has 3 nitrogen and oxygen atoms in total. The SMILES string of the molecule is CC(C)[C@H](N)C(=O)NCCSC(F)(F)F. The Morgan fingerprint density at radius 1 is 1.47 bits per heavy atom. The predicted octanol–water partition coefficient (Wildman–Crippen LogP) is 1.34. The number of thioether (sulfide) groups is 1. The molecule has 0 aromatic rings. The van der Waals surface area contributed by atoms with Crippen molar-refractivity contribution in [2.75, 3.05) is 12.3 Å². The van der Waals surface area contributed by atoms with Gasteiger partial charge in [0.1, 0.15) is 0 Å². The zero-order chi connectivity index (χ0) is 12.1. The minimum absolute atomic E-state index is 0.0244. The van der Waals surface area contributed by atoms with Gasteiger partial charge in [-0.3, -0.25) is 4.79 Å². The van der Waals surface area contributed by atoms with E-state index in [-0.39, 0.29) is 30.0 Å². The average molecular weight is 244 g/mol. The molecule has 0 aromatic heterocycles. The first-order chi connectivity index (χ1) is 6.74. The van der Waals surface area contributed by atoms with E-state index in [0.29, 0.717) is 0 Å². The lowest BCUT2D eigenvalue weighted by atomic mass is 10.1. The van der Waals surface area contributed by atoms with Gasteiger partial charge in [-0.05, 0) is 17.7 Å². The van der Waals surface area contributed by atoms with Gasteiger partial charge in [0.05, 0.1) is 6.04 Å². The Bertz CT molecular complexity index is 209. The third kappa shape index (κ3) is 7.49. The van der Waals surface area contributed by atoms with Crippen LogP contribution >= 0.6 is 11.8 Å². The number of hydrogen-bond donors (Lipinski definition) is 2. The van der Waals surface area contributed by atoms with Crippen LogP contribution in [0, 0.1) is 5.92 Å². The van der Waals surface area contributed by atoms with Crippen molar-refractivity contribution in [3.63, 3.8) is 0 Å². The summed E-state index contributed by atoms with van der Waals surface area (Å²) in [6.07, 6.45) is 0. The first-order valence-electron chi connectivity index (χ1n) is 4.48. The van der Waals surface area contributed by atoms with Crippen molar-refractivity contribution in [1.29, 1.82) is 0 Å². The molecule has 0 saturated carbocycles. The van der Waals surface area contributed by atoms with Crippen LogP contribution in [0.25, 0.3) is 0 Å². The minimum atomic E-state index is -4.25. The molecule has 1 atom stereocenters. The number of halogens is 3. The highest BCUT2D eigenvalue weighted by Crippen LogP contribution is 2.29. The number of alkyl halides is 3. The van der Waals surface area contributed by atoms with Gasteiger partial charge in [0.2, 0.25) is 5.91 Å². The van der Waals surface area contributed by atoms with Crippen molar-refractivity contribution >= 4 is 17.7 Å². The van der Waals surface area contributed by atoms with Crippen molar-refractivity contribution in [3.8, 4) is 0 Å². The maximum absolute atomic E-state index is 11.7. The maximum Gasteiger partial charge on any atom is 0.441 e. The topological polar surface area (TPSA) is 55.1 Å². The third-order valence-corrected chi connectivity index (χ3v) is 2.42. The zero-order valence-corrected chi connectivity index (χ0v) is 9.41. The van der Waals surface area contributed by atoms with Crippen molar-refractivity contribution in [2.45, 2.75) is 25.4 Å². The number of amides is 1. The fourth-order valence-corrected chi connectivity index (χ4v) is 1.20. The summed E-state index contributed by atoms with van der Waals surface area (Å²) in [6.45, 7) is 3.52. The van der Waals surface area contributed by atoms with E-state index in [1.54, 1.807) is 13.8 Å². The second-order valence-corrected chi connectivity index (χ2v) is 4.51. The number of hydrogen-bond acceptors (Lipinski definition) is 3. The van der Waals surface area contributed by atoms with E-state index in [1.165, 1.54) is 0 Å². The summed E-state index contributed by atoms with van der Waals surface area (Å²) in [4.78, 5) is 11.2. The van der Waals surface area contributed by atoms with Crippen LogP contribution in [0.2, 0.25) is 0 Å². The van der Waals surface area contributed by atoms with Gasteiger partial charge in [-0.2, -0.15) is 13.2 Å². The van der Waals surface area contributed by atoms with Crippen LogP contribution in [-0.2, 0) is 4.79 Å². The zero-order valence-electron chi connectivity index (χ0n) is 8.60. The summed E-state index contributed by atoms with van der Waals surface area (Å²) >= 11 is -0.160. The molecule has 0 unspecified atom stereocenters. The molecule has 1 amide bonds. The van der Waals surface area contributed by atoms with E-state index in [1.807, 2.05) is 0 Å². The molecule has 0 saturated heterocycles. The van der Waals surface area contributed by atoms with Crippen LogP contribution in [0.1, 0.15) is 13.8 Å². The van der Waals surface area contributed by atoms with Crippen LogP contribution < -0.4 is 11.1 Å². The van der Waals surface area contributed by atoms with Crippen LogP contribution in [0.15, 0.2) is 0 Å². The van der Waals surface area contributed by atoms with Crippen LogP contribution in [-0.4, -0.2) is 29.8 Å². The third-order valence-electron chi connectivity index (χ3n) is 1.69. The number of carbonyl (C=O) groups is 1. The molecule has 0 rings (SSSR count). The predicted molar refractivity (Wildman–Crippen MR) is 54.3 cm³/mol. The van der Waals surface area contributed by atoms with Crippen molar-refractivity contribution in [2.24, 2.45) is 11.7 Å². The van der Waals surface area contributed by atoms with Gasteiger partial charge in [-0.1, -0.05) is 13.8 Å². The second kappa shape index (κ2) is 6.22. The smallest absolute Gasteiger partial charge is 0.354 e. The second-order valence-electron chi connectivity index (χ2n) is 3.36. The van der Waals surface area contributed by atoms with Crippen LogP contribution in [0.3, 0.4) is 0 Å². The fourth-order valence-electron chi connectivity index (χ4n) is 0.762. The molecule has 0 fully saturated rings. The number of rotatable bonds is 5. The highest BCUT2D eigenvalue weighted by Gasteiger charge is 2.27. The van der Waals surface area contributed by atoms with Gasteiger partial charge < -0.3 is 11.1 Å². The molecule has 0 heterocycles. The molecule has 0 aliphatic rings. The van der Waals surface area contributed by atoms with Gasteiger partial charge >= 0.3 is 5.51 Å². The van der Waals surface area contributed by atoms with Gasteiger partial charge in [0, 0.05) is 12.3 Å². The monoisotopic (exact) mass is 244 g/mol. The molecule has 0 aromatic carbocycles. The molecular formula is C8H15F3N2OS. The lowest BCUT2D eigenvalue weighted by Crippen LogP contribution is -2.44. The fraction of sp³-hybridized carbons (Fsp3) is 0.875. The Balaban J connectivity index is 3.65. The largest absolute Gasteiger partial charge is 0.441 e. The number of nitrogens with one attached hydrogen (secondary N) is 1. The Morgan fingerprint density at radius 3 is 2.40 bits per heavy atom. The first-order valence-corrected chi connectivity index (χ1v) is 5.46. The Labute approximate surface area is 91.0 Å². The van der Waals surface area contributed by atoms with Crippen molar-refractivity contribution in [1.82, 2.24) is 5.32 Å². The molecule has 0 aliphatic heterocycles. The maximum atomic E-state index is 11.7. The Hall–Kier alpha value is -0.430. The van der Waals surface area contributed by atoms with E-state index >= 15 is 0 Å². The molecule has 15 heavy (non-hydrogen) atoms. The van der Waals surface area contributed by atoms with Crippen LogP contribution in [0.5, 0.6) is 0 Å². The quantitative estimate of drug-likeness (QED) is 0.717. The molecule has 7 heteroatoms. The highest BCUT2D eigenvalue weighted by atomic mass is 32.2. The van der Waals surface area contributed by atoms with Gasteiger partial charge in [-0.15, -0.1) is 0 Å². The highest BCUT2D eigenvalue weighted by molar-refractivity contribution is 8.00. The van der Waals surface area contributed by atoms with E-state index in [9.17, 15) is 18.0 Å². The summed E-state index contributed by atoms with van der Waals surface area (Å²) in [7, 11) is 0. The standard InChI is InChI=1S/C8H15F3N2OS/c1-5(2)6(12)7(14)13-3-4-15-8(9,10)11/h5-6H,3-4,12H2,1-2H3,(H,13,14)/t6-/m0/s1. The summed E-state index contributed by atoms with van der Waals surface area (Å²) in [5, 5.41) is 2.35. The lowest BCUT2D eigenvalue weighted by Gasteiger charge is -2.15. The first kappa shape index (κ1) is 14.6. The Morgan fingerprint density at radius 2 is 2.00 bits per heavy atom. The summed E-state index contributed by atoms with van der Waals surface area (Å²) in [5.41, 5.74) is 1.24. The van der Waals surface area contributed by atoms with E-state index < -0.39 is 17.5 Å². The average Bonchev–Trinajstić information content (AvgIpc) is 2.09. The number of carbonyl (C=O) groups excluding carboxylic acids is 1. The van der Waals surface area contributed by atoms with E-state index in [4.69, 9.17) is 5.73 Å². The molecule has 0 spiro atoms. The number of nitrogens with two attached hydrogens (primary N) is 1. The molecule has 0 radical (unpaired) electrons. The lowest BCUT2D eigenvalue weighted by molar-refractivity contribution is -0.123. The molecule has 3 N–H and O–H groups in total. The summed E-state index contributed by atoms with van der Waals surface area (Å²) in [5.74, 6) is -0.631. The molecule has 0 bridgehead atoms. The van der Waals surface area contributed by atoms with Crippen LogP contribution in [0.4, 0.5) is 13.2 Å². The van der Waals surface area contributed by atoms with E-state index in [2.05, 4.69) is 5.32 Å². The van der Waals surface area contributed by atoms with Gasteiger partial charge in [0.25, 0.3) is 0 Å². The summed E-state index contributed by atoms with van der Waals surface area (Å²) < 4.78 is 35.1. The summed E-state index contributed by atoms with van der Waals surface area (Å²) in [6, 6.07) is -0.666. The van der Waals surface area contributed by atoms with Gasteiger partial charge in [-0.25, -0.2) is 0 Å². The molecular weight excluding hydrogens is 229 g/mol. The normalized spacial score (nSPS) is 14.1. The molecule has 0 aliphatic carbocycles. The molecule has 90 valence electrons. The van der Waals surface area contributed by atoms with E-state index in [0.717, 1.165) is 0 Å². The minimum Gasteiger partial charge on any atom is -0.354 e. The van der Waals surface area contributed by atoms with Gasteiger partial charge in [0.15, 0.2) is 0 Å². The van der Waals surface area contributed by atoms with Crippen molar-refractivity contribution < 1.29 is 18.0 Å².